The normalized spacial score (nSPS) is 13.7. The average molecular weight is 476 g/mol. The molecule has 0 saturated carbocycles. The summed E-state index contributed by atoms with van der Waals surface area (Å²) in [5.41, 5.74) is 0.936. The van der Waals surface area contributed by atoms with Gasteiger partial charge in [-0.05, 0) is 29.7 Å². The number of aromatic nitrogens is 2. The lowest BCUT2D eigenvalue weighted by Crippen LogP contribution is -2.51. The maximum atomic E-state index is 13.2. The van der Waals surface area contributed by atoms with Crippen molar-refractivity contribution in [3.05, 3.63) is 101 Å². The van der Waals surface area contributed by atoms with Gasteiger partial charge in [0.15, 0.2) is 0 Å². The van der Waals surface area contributed by atoms with E-state index in [0.717, 1.165) is 10.8 Å². The molecule has 1 fully saturated rings. The lowest BCUT2D eigenvalue weighted by Gasteiger charge is -2.13. The summed E-state index contributed by atoms with van der Waals surface area (Å²) in [6.07, 6.45) is 2.89. The van der Waals surface area contributed by atoms with Gasteiger partial charge in [-0.1, -0.05) is 54.6 Å². The van der Waals surface area contributed by atoms with Crippen LogP contribution in [-0.2, 0) is 9.59 Å². The number of rotatable bonds is 3. The second kappa shape index (κ2) is 8.17. The van der Waals surface area contributed by atoms with Crippen molar-refractivity contribution in [1.82, 2.24) is 20.4 Å². The summed E-state index contributed by atoms with van der Waals surface area (Å²) < 4.78 is 7.29. The largest absolute Gasteiger partial charge is 0.422 e. The van der Waals surface area contributed by atoms with Gasteiger partial charge < -0.3 is 4.42 Å². The summed E-state index contributed by atoms with van der Waals surface area (Å²) in [5.74, 6) is -1.70. The Morgan fingerprint density at radius 1 is 0.806 bits per heavy atom. The van der Waals surface area contributed by atoms with Gasteiger partial charge in [-0.2, -0.15) is 5.10 Å². The number of hydrogen-bond donors (Lipinski definition) is 2. The van der Waals surface area contributed by atoms with Crippen molar-refractivity contribution in [1.29, 1.82) is 0 Å². The highest BCUT2D eigenvalue weighted by molar-refractivity contribution is 6.31. The van der Waals surface area contributed by atoms with Crippen molar-refractivity contribution in [3.63, 3.8) is 0 Å². The molecule has 0 spiro atoms. The average Bonchev–Trinajstić information content (AvgIpc) is 3.30. The maximum absolute atomic E-state index is 13.2. The van der Waals surface area contributed by atoms with Crippen molar-refractivity contribution >= 4 is 45.7 Å². The highest BCUT2D eigenvalue weighted by Crippen LogP contribution is 2.29. The number of urea groups is 1. The van der Waals surface area contributed by atoms with E-state index in [9.17, 15) is 19.2 Å². The van der Waals surface area contributed by atoms with E-state index < -0.39 is 23.5 Å². The van der Waals surface area contributed by atoms with Crippen molar-refractivity contribution in [2.24, 2.45) is 0 Å². The van der Waals surface area contributed by atoms with Crippen LogP contribution in [-0.4, -0.2) is 27.6 Å². The number of para-hydroxylation sites is 1. The second-order valence-electron chi connectivity index (χ2n) is 8.16. The first-order chi connectivity index (χ1) is 17.5. The smallest absolute Gasteiger partial charge is 0.345 e. The van der Waals surface area contributed by atoms with Crippen molar-refractivity contribution in [3.8, 4) is 16.9 Å². The highest BCUT2D eigenvalue weighted by atomic mass is 16.4. The van der Waals surface area contributed by atoms with Gasteiger partial charge in [-0.3, -0.25) is 20.2 Å². The van der Waals surface area contributed by atoms with E-state index in [1.807, 2.05) is 77.4 Å². The lowest BCUT2D eigenvalue weighted by molar-refractivity contribution is -0.123. The number of hydrogen-bond acceptors (Lipinski definition) is 6. The number of carbonyl (C=O) groups excluding carboxylic acids is 3. The summed E-state index contributed by atoms with van der Waals surface area (Å²) in [5, 5.41) is 11.1. The minimum atomic E-state index is -0.898. The molecule has 2 aromatic heterocycles. The standard InChI is InChI=1S/C27H16N4O5/c32-24-21(25(33)29-27(35)28-24)13-17-14-31(18-7-2-1-3-8-18)30-22(17)20-12-16-11-10-15-6-4-5-9-19(15)23(16)36-26(20)34/h1-14H,(H2,28,29,32,33,35). The Labute approximate surface area is 202 Å². The Balaban J connectivity index is 1.58. The zero-order chi connectivity index (χ0) is 24.8. The van der Waals surface area contributed by atoms with E-state index >= 15 is 0 Å². The topological polar surface area (TPSA) is 123 Å². The molecule has 0 bridgehead atoms. The number of fused-ring (bicyclic) bond motifs is 3. The summed E-state index contributed by atoms with van der Waals surface area (Å²) in [7, 11) is 0. The van der Waals surface area contributed by atoms with E-state index in [0.29, 0.717) is 22.2 Å². The molecule has 1 saturated heterocycles. The van der Waals surface area contributed by atoms with Crippen molar-refractivity contribution < 1.29 is 18.8 Å². The number of imide groups is 2. The predicted molar refractivity (Wildman–Crippen MR) is 132 cm³/mol. The fourth-order valence-corrected chi connectivity index (χ4v) is 4.19. The Morgan fingerprint density at radius 2 is 1.50 bits per heavy atom. The van der Waals surface area contributed by atoms with Crippen LogP contribution in [0.5, 0.6) is 0 Å². The molecule has 1 aliphatic heterocycles. The Bertz CT molecular complexity index is 1790. The number of barbiturate groups is 1. The van der Waals surface area contributed by atoms with Crippen LogP contribution in [0.2, 0.25) is 0 Å². The first-order valence-corrected chi connectivity index (χ1v) is 11.0. The quantitative estimate of drug-likeness (QED) is 0.178. The van der Waals surface area contributed by atoms with Crippen molar-refractivity contribution in [2.45, 2.75) is 0 Å². The van der Waals surface area contributed by atoms with Crippen LogP contribution in [0, 0.1) is 0 Å². The van der Waals surface area contributed by atoms with Gasteiger partial charge in [0.25, 0.3) is 11.8 Å². The Morgan fingerprint density at radius 3 is 2.28 bits per heavy atom. The molecule has 174 valence electrons. The second-order valence-corrected chi connectivity index (χ2v) is 8.16. The van der Waals surface area contributed by atoms with Gasteiger partial charge in [0, 0.05) is 22.5 Å². The molecule has 0 radical (unpaired) electrons. The minimum Gasteiger partial charge on any atom is -0.422 e. The molecule has 0 atom stereocenters. The van der Waals surface area contributed by atoms with E-state index in [2.05, 4.69) is 5.10 Å². The van der Waals surface area contributed by atoms with Crippen LogP contribution >= 0.6 is 0 Å². The monoisotopic (exact) mass is 476 g/mol. The zero-order valence-electron chi connectivity index (χ0n) is 18.5. The molecule has 9 nitrogen and oxygen atoms in total. The van der Waals surface area contributed by atoms with Crippen LogP contribution in [0.25, 0.3) is 44.8 Å². The highest BCUT2D eigenvalue weighted by Gasteiger charge is 2.29. The molecule has 2 N–H and O–H groups in total. The fourth-order valence-electron chi connectivity index (χ4n) is 4.19. The van der Waals surface area contributed by atoms with Crippen LogP contribution in [0.15, 0.2) is 93.8 Å². The van der Waals surface area contributed by atoms with Gasteiger partial charge in [-0.25, -0.2) is 14.3 Å². The molecule has 3 heterocycles. The number of benzene rings is 3. The first-order valence-electron chi connectivity index (χ1n) is 11.0. The van der Waals surface area contributed by atoms with Gasteiger partial charge in [0.1, 0.15) is 16.9 Å². The third-order valence-electron chi connectivity index (χ3n) is 5.89. The Hall–Kier alpha value is -5.31. The van der Waals surface area contributed by atoms with Gasteiger partial charge in [0.05, 0.1) is 11.3 Å². The summed E-state index contributed by atoms with van der Waals surface area (Å²) in [6.45, 7) is 0. The van der Waals surface area contributed by atoms with Crippen molar-refractivity contribution in [2.75, 3.05) is 0 Å². The molecular weight excluding hydrogens is 460 g/mol. The molecule has 9 heteroatoms. The van der Waals surface area contributed by atoms with Gasteiger partial charge in [0.2, 0.25) is 0 Å². The third-order valence-corrected chi connectivity index (χ3v) is 5.89. The number of nitrogens with zero attached hydrogens (tertiary/aromatic N) is 2. The minimum absolute atomic E-state index is 0.159. The summed E-state index contributed by atoms with van der Waals surface area (Å²) in [6, 6.07) is 21.3. The molecule has 5 aromatic rings. The predicted octanol–water partition coefficient (Wildman–Crippen LogP) is 3.55. The van der Waals surface area contributed by atoms with Gasteiger partial charge in [-0.15, -0.1) is 0 Å². The molecule has 1 aliphatic rings. The molecule has 6 rings (SSSR count). The van der Waals surface area contributed by atoms with Crippen LogP contribution in [0.1, 0.15) is 5.56 Å². The Kier molecular flexibility index (Phi) is 4.82. The number of nitrogens with one attached hydrogen (secondary N) is 2. The van der Waals surface area contributed by atoms with Gasteiger partial charge >= 0.3 is 11.7 Å². The lowest BCUT2D eigenvalue weighted by atomic mass is 10.0. The SMILES string of the molecule is O=C1NC(=O)C(=Cc2cn(-c3ccccc3)nc2-c2cc3ccc4ccccc4c3oc2=O)C(=O)N1. The molecule has 3 aromatic carbocycles. The molecule has 4 amide bonds. The van der Waals surface area contributed by atoms with E-state index in [1.54, 1.807) is 12.3 Å². The van der Waals surface area contributed by atoms with E-state index in [4.69, 9.17) is 4.42 Å². The van der Waals surface area contributed by atoms with E-state index in [-0.39, 0.29) is 16.8 Å². The summed E-state index contributed by atoms with van der Waals surface area (Å²) in [4.78, 5) is 49.3. The van der Waals surface area contributed by atoms with Crippen LogP contribution in [0.4, 0.5) is 4.79 Å². The number of amides is 4. The van der Waals surface area contributed by atoms with E-state index in [1.165, 1.54) is 10.8 Å². The van der Waals surface area contributed by atoms with Crippen LogP contribution < -0.4 is 16.3 Å². The zero-order valence-corrected chi connectivity index (χ0v) is 18.5. The third kappa shape index (κ3) is 3.55. The molecule has 0 aliphatic carbocycles. The molecule has 36 heavy (non-hydrogen) atoms. The number of carbonyl (C=O) groups is 3. The molecule has 0 unspecified atom stereocenters. The fraction of sp³-hybridized carbons (Fsp3) is 0. The first kappa shape index (κ1) is 21.2. The molecular formula is C27H16N4O5. The maximum Gasteiger partial charge on any atom is 0.345 e. The van der Waals surface area contributed by atoms with Crippen LogP contribution in [0.3, 0.4) is 0 Å². The summed E-state index contributed by atoms with van der Waals surface area (Å²) >= 11 is 0.